The first kappa shape index (κ1) is 13.6. The predicted molar refractivity (Wildman–Crippen MR) is 61.2 cm³/mol. The Kier molecular flexibility index (Phi) is 6.37. The van der Waals surface area contributed by atoms with Crippen LogP contribution in [0.25, 0.3) is 0 Å². The first-order valence-electron chi connectivity index (χ1n) is 4.54. The summed E-state index contributed by atoms with van der Waals surface area (Å²) in [7, 11) is -2.45. The van der Waals surface area contributed by atoms with Crippen molar-refractivity contribution in [3.8, 4) is 0 Å². The molecule has 1 amide bonds. The molecule has 0 spiro atoms. The Morgan fingerprint density at radius 3 is 2.00 bits per heavy atom. The van der Waals surface area contributed by atoms with Crippen LogP contribution >= 0.6 is 0 Å². The van der Waals surface area contributed by atoms with E-state index < -0.39 is 16.2 Å². The lowest BCUT2D eigenvalue weighted by Crippen LogP contribution is -2.37. The molecule has 4 nitrogen and oxygen atoms in total. The minimum atomic E-state index is -2.45. The monoisotopic (exact) mass is 229 g/mol. The van der Waals surface area contributed by atoms with Crippen LogP contribution in [0.5, 0.6) is 0 Å². The highest BCUT2D eigenvalue weighted by Gasteiger charge is 2.17. The zero-order valence-electron chi connectivity index (χ0n) is 8.77. The number of hydrogen-bond donors (Lipinski definition) is 0. The molecule has 0 saturated heterocycles. The molecule has 0 N–H and O–H groups in total. The Hall–Kier alpha value is -1.36. The van der Waals surface area contributed by atoms with E-state index in [1.165, 1.54) is 4.90 Å². The van der Waals surface area contributed by atoms with Crippen molar-refractivity contribution in [3.63, 3.8) is 0 Å². The zero-order chi connectivity index (χ0) is 11.8. The number of hydrogen-bond acceptors (Lipinski definition) is 3. The normalized spacial score (nSPS) is 9.13. The molecule has 0 radical (unpaired) electrons. The highest BCUT2D eigenvalue weighted by Crippen LogP contribution is 1.96. The summed E-state index contributed by atoms with van der Waals surface area (Å²) in [5.74, 6) is -0.481. The van der Waals surface area contributed by atoms with Crippen LogP contribution in [-0.2, 0) is 15.1 Å². The minimum Gasteiger partial charge on any atom is -0.331 e. The fourth-order valence-corrected chi connectivity index (χ4v) is 1.58. The molecule has 0 aromatic heterocycles. The van der Waals surface area contributed by atoms with Gasteiger partial charge in [0.2, 0.25) is 10.3 Å². The van der Waals surface area contributed by atoms with Crippen molar-refractivity contribution < 1.29 is 13.2 Å². The lowest BCUT2D eigenvalue weighted by Gasteiger charge is -2.18. The van der Waals surface area contributed by atoms with Gasteiger partial charge in [-0.15, -0.1) is 13.2 Å². The highest BCUT2D eigenvalue weighted by atomic mass is 32.2. The van der Waals surface area contributed by atoms with E-state index in [1.807, 2.05) is 0 Å². The summed E-state index contributed by atoms with van der Waals surface area (Å²) in [5.41, 5.74) is 0. The molecule has 0 aliphatic heterocycles. The average molecular weight is 229 g/mol. The van der Waals surface area contributed by atoms with Gasteiger partial charge in [-0.3, -0.25) is 4.79 Å². The van der Waals surface area contributed by atoms with E-state index in [4.69, 9.17) is 0 Å². The summed E-state index contributed by atoms with van der Waals surface area (Å²) < 4.78 is 21.5. The maximum Gasteiger partial charge on any atom is 0.265 e. The molecule has 0 aromatic carbocycles. The molecular weight excluding hydrogens is 214 g/mol. The van der Waals surface area contributed by atoms with Crippen LogP contribution < -0.4 is 0 Å². The van der Waals surface area contributed by atoms with E-state index in [0.717, 1.165) is 0 Å². The predicted octanol–water partition coefficient (Wildman–Crippen LogP) is 0.649. The summed E-state index contributed by atoms with van der Waals surface area (Å²) in [4.78, 5) is 13.0. The van der Waals surface area contributed by atoms with Crippen LogP contribution in [0.4, 0.5) is 0 Å². The van der Waals surface area contributed by atoms with Crippen LogP contribution in [-0.4, -0.2) is 37.2 Å². The standard InChI is InChI=1S/C10H15NO3S/c1-4-7-11(8-5-2)10(12)9(6-3)15(13)14/h4-5H,1-2,6-8H2,3H3. The Labute approximate surface area is 91.4 Å². The highest BCUT2D eigenvalue weighted by molar-refractivity contribution is 7.74. The van der Waals surface area contributed by atoms with Gasteiger partial charge in [-0.2, -0.15) is 8.42 Å². The molecule has 0 bridgehead atoms. The second-order valence-electron chi connectivity index (χ2n) is 2.80. The SMILES string of the molecule is C=CCN(CC=C)C(=O)C(CC)=S(=O)=O. The zero-order valence-corrected chi connectivity index (χ0v) is 9.59. The van der Waals surface area contributed by atoms with Crippen molar-refractivity contribution in [2.24, 2.45) is 0 Å². The van der Waals surface area contributed by atoms with Gasteiger partial charge in [-0.1, -0.05) is 19.1 Å². The molecule has 0 aliphatic carbocycles. The Balaban J connectivity index is 4.99. The average Bonchev–Trinajstić information content (AvgIpc) is 2.17. The third-order valence-corrected chi connectivity index (χ3v) is 2.61. The van der Waals surface area contributed by atoms with Gasteiger partial charge in [0, 0.05) is 13.1 Å². The van der Waals surface area contributed by atoms with Crippen LogP contribution in [0.1, 0.15) is 13.3 Å². The molecule has 0 atom stereocenters. The topological polar surface area (TPSA) is 54.5 Å². The first-order valence-corrected chi connectivity index (χ1v) is 5.62. The van der Waals surface area contributed by atoms with Gasteiger partial charge in [0.1, 0.15) is 4.86 Å². The largest absolute Gasteiger partial charge is 0.331 e. The van der Waals surface area contributed by atoms with Gasteiger partial charge in [0.25, 0.3) is 5.91 Å². The molecule has 15 heavy (non-hydrogen) atoms. The lowest BCUT2D eigenvalue weighted by atomic mass is 10.3. The molecule has 0 rings (SSSR count). The first-order chi connectivity index (χ1) is 7.08. The van der Waals surface area contributed by atoms with Gasteiger partial charge < -0.3 is 4.90 Å². The van der Waals surface area contributed by atoms with Crippen molar-refractivity contribution in [1.29, 1.82) is 0 Å². The van der Waals surface area contributed by atoms with Crippen molar-refractivity contribution >= 4 is 21.1 Å². The maximum atomic E-state index is 11.7. The summed E-state index contributed by atoms with van der Waals surface area (Å²) in [6.07, 6.45) is 3.28. The second kappa shape index (κ2) is 7.00. The number of amides is 1. The van der Waals surface area contributed by atoms with Gasteiger partial charge in [-0.05, 0) is 6.42 Å². The number of carbonyl (C=O) groups excluding carboxylic acids is 1. The quantitative estimate of drug-likeness (QED) is 0.496. The van der Waals surface area contributed by atoms with Gasteiger partial charge in [-0.25, -0.2) is 0 Å². The van der Waals surface area contributed by atoms with E-state index in [0.29, 0.717) is 13.1 Å². The molecule has 0 aliphatic rings. The smallest absolute Gasteiger partial charge is 0.265 e. The maximum absolute atomic E-state index is 11.7. The van der Waals surface area contributed by atoms with Crippen LogP contribution in [0.3, 0.4) is 0 Å². The van der Waals surface area contributed by atoms with Gasteiger partial charge >= 0.3 is 0 Å². The van der Waals surface area contributed by atoms with Crippen LogP contribution in [0.15, 0.2) is 25.3 Å². The van der Waals surface area contributed by atoms with Crippen molar-refractivity contribution in [2.45, 2.75) is 13.3 Å². The van der Waals surface area contributed by atoms with Gasteiger partial charge in [0.15, 0.2) is 0 Å². The van der Waals surface area contributed by atoms with Crippen molar-refractivity contribution in [2.75, 3.05) is 13.1 Å². The summed E-state index contributed by atoms with van der Waals surface area (Å²) >= 11 is 0. The van der Waals surface area contributed by atoms with Gasteiger partial charge in [0.05, 0.1) is 0 Å². The molecule has 0 unspecified atom stereocenters. The summed E-state index contributed by atoms with van der Waals surface area (Å²) in [6, 6.07) is 0. The molecule has 0 heterocycles. The molecular formula is C10H15NO3S. The Bertz CT molecular complexity index is 363. The fraction of sp³-hybridized carbons (Fsp3) is 0.400. The van der Waals surface area contributed by atoms with Crippen LogP contribution in [0, 0.1) is 0 Å². The van der Waals surface area contributed by atoms with E-state index in [9.17, 15) is 13.2 Å². The van der Waals surface area contributed by atoms with Crippen molar-refractivity contribution in [1.82, 2.24) is 4.90 Å². The van der Waals surface area contributed by atoms with E-state index in [1.54, 1.807) is 19.1 Å². The number of carbonyl (C=O) groups is 1. The van der Waals surface area contributed by atoms with Crippen molar-refractivity contribution in [3.05, 3.63) is 25.3 Å². The molecule has 0 saturated carbocycles. The summed E-state index contributed by atoms with van der Waals surface area (Å²) in [5, 5.41) is 0. The molecule has 0 aromatic rings. The van der Waals surface area contributed by atoms with E-state index in [2.05, 4.69) is 13.2 Å². The Morgan fingerprint density at radius 2 is 1.73 bits per heavy atom. The Morgan fingerprint density at radius 1 is 1.27 bits per heavy atom. The molecule has 84 valence electrons. The molecule has 5 heteroatoms. The van der Waals surface area contributed by atoms with E-state index in [-0.39, 0.29) is 11.3 Å². The number of nitrogens with zero attached hydrogens (tertiary/aromatic N) is 1. The number of rotatable bonds is 6. The second-order valence-corrected chi connectivity index (χ2v) is 3.76. The fourth-order valence-electron chi connectivity index (χ4n) is 1.07. The third kappa shape index (κ3) is 4.12. The molecule has 0 fully saturated rings. The lowest BCUT2D eigenvalue weighted by molar-refractivity contribution is -0.123. The van der Waals surface area contributed by atoms with E-state index >= 15 is 0 Å². The van der Waals surface area contributed by atoms with Crippen LogP contribution in [0.2, 0.25) is 0 Å². The third-order valence-electron chi connectivity index (χ3n) is 1.75. The summed E-state index contributed by atoms with van der Waals surface area (Å²) in [6.45, 7) is 9.26. The minimum absolute atomic E-state index is 0.112.